The number of halogens is 1. The minimum atomic E-state index is -0.440. The summed E-state index contributed by atoms with van der Waals surface area (Å²) in [7, 11) is 1.38. The summed E-state index contributed by atoms with van der Waals surface area (Å²) in [6.45, 7) is 4.25. The Bertz CT molecular complexity index is 1330. The minimum absolute atomic E-state index is 0.253. The highest BCUT2D eigenvalue weighted by molar-refractivity contribution is 6.01. The van der Waals surface area contributed by atoms with Gasteiger partial charge in [-0.25, -0.2) is 9.18 Å². The van der Waals surface area contributed by atoms with Gasteiger partial charge in [0.2, 0.25) is 0 Å². The van der Waals surface area contributed by atoms with Crippen molar-refractivity contribution in [1.82, 2.24) is 0 Å². The van der Waals surface area contributed by atoms with Gasteiger partial charge in [0.25, 0.3) is 0 Å². The molecule has 1 aliphatic rings. The first-order chi connectivity index (χ1) is 14.9. The van der Waals surface area contributed by atoms with Gasteiger partial charge < -0.3 is 9.64 Å². The van der Waals surface area contributed by atoms with Crippen LogP contribution in [0.15, 0.2) is 78.9 Å². The molecule has 1 aliphatic heterocycles. The lowest BCUT2D eigenvalue weighted by atomic mass is 9.71. The molecule has 0 spiro atoms. The molecule has 154 valence electrons. The molecule has 1 heterocycles. The zero-order valence-electron chi connectivity index (χ0n) is 17.6. The second-order valence-corrected chi connectivity index (χ2v) is 8.34. The van der Waals surface area contributed by atoms with Crippen LogP contribution in [0, 0.1) is 5.82 Å². The van der Waals surface area contributed by atoms with Crippen LogP contribution in [0.1, 0.15) is 35.3 Å². The molecule has 0 fully saturated rings. The molecule has 0 atom stereocenters. The topological polar surface area (TPSA) is 29.5 Å². The third-order valence-corrected chi connectivity index (χ3v) is 6.17. The van der Waals surface area contributed by atoms with Crippen LogP contribution in [0.5, 0.6) is 0 Å². The predicted octanol–water partition coefficient (Wildman–Crippen LogP) is 6.87. The van der Waals surface area contributed by atoms with Crippen LogP contribution in [0.25, 0.3) is 10.8 Å². The lowest BCUT2D eigenvalue weighted by Gasteiger charge is -2.42. The number of fused-ring (bicyclic) bond motifs is 4. The highest BCUT2D eigenvalue weighted by atomic mass is 19.1. The maximum absolute atomic E-state index is 14.4. The Morgan fingerprint density at radius 2 is 1.65 bits per heavy atom. The van der Waals surface area contributed by atoms with Crippen LogP contribution in [0.3, 0.4) is 0 Å². The molecule has 0 aromatic heterocycles. The van der Waals surface area contributed by atoms with Crippen molar-refractivity contribution in [3.05, 3.63) is 101 Å². The molecule has 0 unspecified atom stereocenters. The number of carbonyl (C=O) groups excluding carboxylic acids is 1. The summed E-state index contributed by atoms with van der Waals surface area (Å²) in [5.41, 5.74) is 5.12. The maximum atomic E-state index is 14.4. The third-order valence-electron chi connectivity index (χ3n) is 6.17. The zero-order valence-corrected chi connectivity index (χ0v) is 17.6. The average molecular weight is 411 g/mol. The van der Waals surface area contributed by atoms with Crippen molar-refractivity contribution < 1.29 is 13.9 Å². The standard InChI is InChI=1S/C27H22FNO2/c1-27(2)22-16-19(28)11-14-23(22)29(20-7-5-4-6-8-20)24-13-10-17-15-18(26(30)31-3)9-12-21(17)25(24)27/h4-16H,1-3H3. The summed E-state index contributed by atoms with van der Waals surface area (Å²) >= 11 is 0. The zero-order chi connectivity index (χ0) is 21.8. The fraction of sp³-hybridized carbons (Fsp3) is 0.148. The Kier molecular flexibility index (Phi) is 4.33. The van der Waals surface area contributed by atoms with Crippen molar-refractivity contribution in [2.75, 3.05) is 12.0 Å². The Morgan fingerprint density at radius 1 is 0.903 bits per heavy atom. The molecule has 0 saturated carbocycles. The van der Waals surface area contributed by atoms with E-state index in [0.29, 0.717) is 5.56 Å². The van der Waals surface area contributed by atoms with Gasteiger partial charge in [0.1, 0.15) is 5.82 Å². The van der Waals surface area contributed by atoms with Gasteiger partial charge in [-0.15, -0.1) is 0 Å². The van der Waals surface area contributed by atoms with Gasteiger partial charge >= 0.3 is 5.97 Å². The first kappa shape index (κ1) is 19.3. The molecule has 0 saturated heterocycles. The van der Waals surface area contributed by atoms with E-state index in [2.05, 4.69) is 36.9 Å². The van der Waals surface area contributed by atoms with E-state index in [9.17, 15) is 9.18 Å². The van der Waals surface area contributed by atoms with E-state index in [4.69, 9.17) is 4.74 Å². The monoisotopic (exact) mass is 411 g/mol. The number of esters is 1. The van der Waals surface area contributed by atoms with Gasteiger partial charge in [-0.3, -0.25) is 0 Å². The normalized spacial score (nSPS) is 14.1. The van der Waals surface area contributed by atoms with Gasteiger partial charge in [-0.1, -0.05) is 44.2 Å². The van der Waals surface area contributed by atoms with Crippen LogP contribution in [-0.2, 0) is 10.2 Å². The van der Waals surface area contributed by atoms with Crippen molar-refractivity contribution in [3.8, 4) is 0 Å². The van der Waals surface area contributed by atoms with Crippen molar-refractivity contribution in [1.29, 1.82) is 0 Å². The van der Waals surface area contributed by atoms with Crippen LogP contribution >= 0.6 is 0 Å². The maximum Gasteiger partial charge on any atom is 0.337 e. The fourth-order valence-electron chi connectivity index (χ4n) is 4.73. The minimum Gasteiger partial charge on any atom is -0.465 e. The van der Waals surface area contributed by atoms with Gasteiger partial charge in [0.15, 0.2) is 0 Å². The lowest BCUT2D eigenvalue weighted by Crippen LogP contribution is -2.31. The summed E-state index contributed by atoms with van der Waals surface area (Å²) in [5.74, 6) is -0.617. The van der Waals surface area contributed by atoms with E-state index in [1.165, 1.54) is 13.2 Å². The molecule has 0 radical (unpaired) electrons. The third kappa shape index (κ3) is 2.90. The number of methoxy groups -OCH3 is 1. The van der Waals surface area contributed by atoms with Crippen molar-refractivity contribution in [2.45, 2.75) is 19.3 Å². The van der Waals surface area contributed by atoms with Crippen molar-refractivity contribution >= 4 is 33.8 Å². The molecule has 4 heteroatoms. The second kappa shape index (κ2) is 6.95. The number of para-hydroxylation sites is 1. The number of benzene rings is 4. The van der Waals surface area contributed by atoms with Gasteiger partial charge in [0, 0.05) is 11.1 Å². The first-order valence-electron chi connectivity index (χ1n) is 10.2. The number of nitrogens with zero attached hydrogens (tertiary/aromatic N) is 1. The number of hydrogen-bond donors (Lipinski definition) is 0. The van der Waals surface area contributed by atoms with Gasteiger partial charge in [-0.2, -0.15) is 0 Å². The second-order valence-electron chi connectivity index (χ2n) is 8.34. The Hall–Kier alpha value is -3.66. The van der Waals surface area contributed by atoms with E-state index < -0.39 is 5.41 Å². The molecule has 4 aromatic rings. The predicted molar refractivity (Wildman–Crippen MR) is 122 cm³/mol. The van der Waals surface area contributed by atoms with Crippen LogP contribution in [-0.4, -0.2) is 13.1 Å². The summed E-state index contributed by atoms with van der Waals surface area (Å²) in [5, 5.41) is 1.98. The average Bonchev–Trinajstić information content (AvgIpc) is 2.79. The molecular formula is C27H22FNO2. The Balaban J connectivity index is 1.85. The van der Waals surface area contributed by atoms with E-state index in [-0.39, 0.29) is 11.8 Å². The smallest absolute Gasteiger partial charge is 0.337 e. The summed E-state index contributed by atoms with van der Waals surface area (Å²) < 4.78 is 19.3. The molecule has 0 bridgehead atoms. The largest absolute Gasteiger partial charge is 0.465 e. The van der Waals surface area contributed by atoms with Crippen molar-refractivity contribution in [3.63, 3.8) is 0 Å². The fourth-order valence-corrected chi connectivity index (χ4v) is 4.73. The lowest BCUT2D eigenvalue weighted by molar-refractivity contribution is 0.0601. The molecule has 0 amide bonds. The highest BCUT2D eigenvalue weighted by Crippen LogP contribution is 2.53. The van der Waals surface area contributed by atoms with Crippen LogP contribution < -0.4 is 4.90 Å². The van der Waals surface area contributed by atoms with E-state index in [1.54, 1.807) is 12.1 Å². The Labute approximate surface area is 180 Å². The number of hydrogen-bond acceptors (Lipinski definition) is 3. The van der Waals surface area contributed by atoms with E-state index >= 15 is 0 Å². The van der Waals surface area contributed by atoms with Crippen LogP contribution in [0.4, 0.5) is 21.5 Å². The van der Waals surface area contributed by atoms with E-state index in [1.807, 2.05) is 42.5 Å². The quantitative estimate of drug-likeness (QED) is 0.337. The number of carbonyl (C=O) groups is 1. The molecule has 0 aliphatic carbocycles. The Morgan fingerprint density at radius 3 is 2.39 bits per heavy atom. The number of ether oxygens (including phenoxy) is 1. The molecule has 31 heavy (non-hydrogen) atoms. The number of rotatable bonds is 2. The highest BCUT2D eigenvalue weighted by Gasteiger charge is 2.38. The summed E-state index contributed by atoms with van der Waals surface area (Å²) in [6.07, 6.45) is 0. The molecule has 3 nitrogen and oxygen atoms in total. The van der Waals surface area contributed by atoms with Crippen LogP contribution in [0.2, 0.25) is 0 Å². The SMILES string of the molecule is COC(=O)c1ccc2c3c(ccc2c1)N(c1ccccc1)c1ccc(F)cc1C3(C)C. The molecule has 4 aromatic carbocycles. The van der Waals surface area contributed by atoms with Gasteiger partial charge in [0.05, 0.1) is 24.0 Å². The summed E-state index contributed by atoms with van der Waals surface area (Å²) in [4.78, 5) is 14.2. The van der Waals surface area contributed by atoms with Gasteiger partial charge in [-0.05, 0) is 70.4 Å². The van der Waals surface area contributed by atoms with E-state index in [0.717, 1.165) is 39.0 Å². The molecule has 0 N–H and O–H groups in total. The summed E-state index contributed by atoms with van der Waals surface area (Å²) in [6, 6.07) is 24.8. The van der Waals surface area contributed by atoms with Crippen molar-refractivity contribution in [2.24, 2.45) is 0 Å². The molecule has 5 rings (SSSR count). The molecular weight excluding hydrogens is 389 g/mol. The first-order valence-corrected chi connectivity index (χ1v) is 10.2. The number of anilines is 3.